The first-order valence-electron chi connectivity index (χ1n) is 23.8. The molecule has 0 saturated carbocycles. The second-order valence-corrected chi connectivity index (χ2v) is 21.4. The molecule has 13 rings (SSSR count). The largest absolute Gasteiger partial charge is 0.307 e. The Balaban J connectivity index is 1.46. The molecule has 0 bridgehead atoms. The smallest absolute Gasteiger partial charge is 0.200 e. The van der Waals surface area contributed by atoms with Gasteiger partial charge in [-0.05, 0) is 72.8 Å². The molecule has 0 saturated heterocycles. The number of hydrogen-bond acceptors (Lipinski definition) is 6. The Hall–Kier alpha value is -8.40. The van der Waals surface area contributed by atoms with Gasteiger partial charge in [-0.2, -0.15) is 0 Å². The van der Waals surface area contributed by atoms with E-state index >= 15 is 65.9 Å². The Morgan fingerprint density at radius 2 is 0.333 bits per heavy atom. The molecule has 0 aromatic heterocycles. The Morgan fingerprint density at radius 1 is 0.185 bits per heavy atom. The number of rotatable bonds is 6. The number of nitrogens with zero attached hydrogens (tertiary/aromatic N) is 3. The van der Waals surface area contributed by atoms with E-state index in [1.54, 1.807) is 0 Å². The summed E-state index contributed by atoms with van der Waals surface area (Å²) in [4.78, 5) is 3.96. The highest BCUT2D eigenvalue weighted by atomic mass is 32.2. The molecule has 10 aromatic rings. The quantitative estimate of drug-likeness (QED) is 0.0926. The number of hydrogen-bond donors (Lipinski definition) is 0. The highest BCUT2D eigenvalue weighted by Crippen LogP contribution is 2.69. The van der Waals surface area contributed by atoms with Crippen molar-refractivity contribution in [2.24, 2.45) is 0 Å². The first kappa shape index (κ1) is 52.0. The summed E-state index contributed by atoms with van der Waals surface area (Å²) in [6, 6.07) is 34.2. The monoisotopic (exact) mass is 1170 g/mol. The van der Waals surface area contributed by atoms with Crippen LogP contribution in [0.15, 0.2) is 175 Å². The summed E-state index contributed by atoms with van der Waals surface area (Å²) in [6.07, 6.45) is 0. The zero-order valence-electron chi connectivity index (χ0n) is 40.1. The van der Waals surface area contributed by atoms with E-state index in [1.807, 2.05) is 0 Å². The minimum atomic E-state index is -2.76. The van der Waals surface area contributed by atoms with Crippen LogP contribution < -0.4 is 14.7 Å². The SMILES string of the molecule is Fc1c(F)c(F)c(-c2c(N3c4ccccc4Sc4ccccc43)c(-c3c(F)c(F)c(F)c(F)c3F)c(N3c4ccccc4Sc4ccccc43)c(-c3c(F)c(F)c(F)c(F)c3F)c2N2c3ccccc3Sc3ccccc32)c(F)c1F. The lowest BCUT2D eigenvalue weighted by molar-refractivity contribution is 0.381. The number of fused-ring (bicyclic) bond motifs is 6. The van der Waals surface area contributed by atoms with Crippen LogP contribution in [-0.2, 0) is 0 Å². The summed E-state index contributed by atoms with van der Waals surface area (Å²) < 4.78 is 254. The van der Waals surface area contributed by atoms with Gasteiger partial charge in [0.05, 0.1) is 67.9 Å². The summed E-state index contributed by atoms with van der Waals surface area (Å²) in [6.45, 7) is 0. The third-order valence-corrected chi connectivity index (χ3v) is 17.2. The number of benzene rings is 10. The van der Waals surface area contributed by atoms with Gasteiger partial charge < -0.3 is 14.7 Å². The van der Waals surface area contributed by atoms with Gasteiger partial charge in [-0.15, -0.1) is 0 Å². The molecular formula is C60H24F15N3S3. The van der Waals surface area contributed by atoms with Crippen LogP contribution in [0.2, 0.25) is 0 Å². The van der Waals surface area contributed by atoms with Gasteiger partial charge >= 0.3 is 0 Å². The average Bonchev–Trinajstić information content (AvgIpc) is 3.68. The lowest BCUT2D eigenvalue weighted by Gasteiger charge is -2.43. The molecule has 21 heteroatoms. The van der Waals surface area contributed by atoms with Crippen molar-refractivity contribution in [1.82, 2.24) is 0 Å². The molecule has 402 valence electrons. The van der Waals surface area contributed by atoms with Crippen molar-refractivity contribution < 1.29 is 65.9 Å². The van der Waals surface area contributed by atoms with E-state index in [-0.39, 0.29) is 63.5 Å². The minimum absolute atomic E-state index is 0.165. The fourth-order valence-corrected chi connectivity index (χ4v) is 13.6. The summed E-state index contributed by atoms with van der Waals surface area (Å²) in [5.74, 6) is -40.8. The van der Waals surface area contributed by atoms with Gasteiger partial charge in [-0.25, -0.2) is 65.9 Å². The van der Waals surface area contributed by atoms with Gasteiger partial charge in [-0.1, -0.05) is 108 Å². The molecule has 10 aromatic carbocycles. The molecule has 0 fully saturated rings. The van der Waals surface area contributed by atoms with E-state index < -0.39 is 138 Å². The second kappa shape index (κ2) is 19.4. The van der Waals surface area contributed by atoms with Crippen LogP contribution in [0.25, 0.3) is 33.4 Å². The van der Waals surface area contributed by atoms with Crippen LogP contribution >= 0.6 is 35.3 Å². The molecule has 0 unspecified atom stereocenters. The molecule has 0 N–H and O–H groups in total. The molecule has 3 aliphatic rings. The van der Waals surface area contributed by atoms with Crippen LogP contribution in [-0.4, -0.2) is 0 Å². The predicted octanol–water partition coefficient (Wildman–Crippen LogP) is 20.6. The zero-order chi connectivity index (χ0) is 56.6. The average molecular weight is 1170 g/mol. The number of anilines is 9. The minimum Gasteiger partial charge on any atom is -0.307 e. The van der Waals surface area contributed by atoms with Crippen molar-refractivity contribution in [3.05, 3.63) is 233 Å². The van der Waals surface area contributed by atoms with Crippen LogP contribution in [0.5, 0.6) is 0 Å². The van der Waals surface area contributed by atoms with Gasteiger partial charge in [0.1, 0.15) is 0 Å². The van der Waals surface area contributed by atoms with Crippen molar-refractivity contribution in [2.45, 2.75) is 29.4 Å². The van der Waals surface area contributed by atoms with E-state index in [4.69, 9.17) is 0 Å². The highest BCUT2D eigenvalue weighted by molar-refractivity contribution is 8.00. The molecule has 3 heterocycles. The van der Waals surface area contributed by atoms with Crippen molar-refractivity contribution >= 4 is 86.5 Å². The van der Waals surface area contributed by atoms with Crippen molar-refractivity contribution in [2.75, 3.05) is 14.7 Å². The first-order chi connectivity index (χ1) is 39.0. The summed E-state index contributed by atoms with van der Waals surface area (Å²) in [5, 5.41) is 0. The lowest BCUT2D eigenvalue weighted by atomic mass is 9.82. The normalized spacial score (nSPS) is 13.1. The molecular weight excluding hydrogens is 1140 g/mol. The summed E-state index contributed by atoms with van der Waals surface area (Å²) in [5.41, 5.74) is -15.4. The Morgan fingerprint density at radius 3 is 0.506 bits per heavy atom. The molecule has 0 amide bonds. The third-order valence-electron chi connectivity index (χ3n) is 13.8. The van der Waals surface area contributed by atoms with Crippen molar-refractivity contribution in [3.8, 4) is 33.4 Å². The van der Waals surface area contributed by atoms with Gasteiger partial charge in [0.2, 0.25) is 17.5 Å². The molecule has 0 aliphatic carbocycles. The van der Waals surface area contributed by atoms with E-state index in [9.17, 15) is 0 Å². The standard InChI is InChI=1S/C60H24F15N3S3/c61-43-37(44(62)50(68)55(73)49(43)67)40-58(76-25-13-1-7-19-31(25)79-32-20-8-2-14-26(32)76)41(38-45(63)51(69)56(74)52(70)46(38)64)60(78-29-17-5-11-23-35(29)81-36-24-12-6-18-30(36)78)42(39-47(65)53(71)57(75)54(72)48(39)66)59(40)77-27-15-3-9-21-33(27)80-34-22-10-4-16-28(34)77/h1-24H. The van der Waals surface area contributed by atoms with Crippen LogP contribution in [0.4, 0.5) is 117 Å². The van der Waals surface area contributed by atoms with Crippen LogP contribution in [0.3, 0.4) is 0 Å². The van der Waals surface area contributed by atoms with Gasteiger partial charge in [-0.3, -0.25) is 0 Å². The molecule has 0 atom stereocenters. The predicted molar refractivity (Wildman–Crippen MR) is 279 cm³/mol. The maximum atomic E-state index is 17.9. The topological polar surface area (TPSA) is 9.72 Å². The van der Waals surface area contributed by atoms with Crippen LogP contribution in [0.1, 0.15) is 0 Å². The highest BCUT2D eigenvalue weighted by Gasteiger charge is 2.47. The fourth-order valence-electron chi connectivity index (χ4n) is 10.4. The zero-order valence-corrected chi connectivity index (χ0v) is 42.5. The van der Waals surface area contributed by atoms with Crippen molar-refractivity contribution in [3.63, 3.8) is 0 Å². The van der Waals surface area contributed by atoms with Crippen LogP contribution in [0, 0.1) is 87.3 Å². The van der Waals surface area contributed by atoms with Crippen molar-refractivity contribution in [1.29, 1.82) is 0 Å². The lowest BCUT2D eigenvalue weighted by Crippen LogP contribution is -2.26. The van der Waals surface area contributed by atoms with E-state index in [2.05, 4.69) is 0 Å². The van der Waals surface area contributed by atoms with Gasteiger partial charge in [0.25, 0.3) is 0 Å². The summed E-state index contributed by atoms with van der Waals surface area (Å²) in [7, 11) is 0. The van der Waals surface area contributed by atoms with E-state index in [0.717, 1.165) is 50.0 Å². The van der Waals surface area contributed by atoms with Gasteiger partial charge in [0.15, 0.2) is 69.8 Å². The number of halogens is 15. The maximum absolute atomic E-state index is 17.9. The Bertz CT molecular complexity index is 3720. The number of para-hydroxylation sites is 6. The second-order valence-electron chi connectivity index (χ2n) is 18.1. The molecule has 3 aliphatic heterocycles. The fraction of sp³-hybridized carbons (Fsp3) is 0. The molecule has 81 heavy (non-hydrogen) atoms. The molecule has 3 nitrogen and oxygen atoms in total. The summed E-state index contributed by atoms with van der Waals surface area (Å²) >= 11 is 3.07. The van der Waals surface area contributed by atoms with E-state index in [0.29, 0.717) is 0 Å². The Kier molecular flexibility index (Phi) is 12.5. The van der Waals surface area contributed by atoms with Gasteiger partial charge in [0, 0.05) is 46.1 Å². The maximum Gasteiger partial charge on any atom is 0.200 e. The third kappa shape index (κ3) is 7.60. The molecule has 0 radical (unpaired) electrons. The molecule has 0 spiro atoms. The first-order valence-corrected chi connectivity index (χ1v) is 26.2. The van der Waals surface area contributed by atoms with E-state index in [1.165, 1.54) is 146 Å². The Labute approximate surface area is 460 Å².